The van der Waals surface area contributed by atoms with Crippen molar-refractivity contribution in [1.82, 2.24) is 5.32 Å². The quantitative estimate of drug-likeness (QED) is 0.825. The fourth-order valence-electron chi connectivity index (χ4n) is 3.23. The van der Waals surface area contributed by atoms with Crippen LogP contribution >= 0.6 is 0 Å². The summed E-state index contributed by atoms with van der Waals surface area (Å²) in [5.74, 6) is 0.418. The second-order valence-corrected chi connectivity index (χ2v) is 8.62. The molecule has 27 heavy (non-hydrogen) atoms. The van der Waals surface area contributed by atoms with Crippen molar-refractivity contribution in [2.24, 2.45) is 0 Å². The molecule has 0 unspecified atom stereocenters. The highest BCUT2D eigenvalue weighted by Crippen LogP contribution is 2.25. The van der Waals surface area contributed by atoms with E-state index >= 15 is 0 Å². The summed E-state index contributed by atoms with van der Waals surface area (Å²) in [6.45, 7) is 0. The molecule has 0 spiro atoms. The summed E-state index contributed by atoms with van der Waals surface area (Å²) in [6, 6.07) is 13.1. The lowest BCUT2D eigenvalue weighted by molar-refractivity contribution is 0.0938. The number of nitrogens with zero attached hydrogens (tertiary/aromatic N) is 1. The smallest absolute Gasteiger partial charge is 0.264 e. The summed E-state index contributed by atoms with van der Waals surface area (Å²) < 4.78 is 32.0. The van der Waals surface area contributed by atoms with Crippen molar-refractivity contribution in [3.8, 4) is 5.75 Å². The molecule has 1 aliphatic carbocycles. The molecule has 2 aromatic carbocycles. The lowest BCUT2D eigenvalue weighted by Crippen LogP contribution is -2.33. The number of methoxy groups -OCH3 is 1. The van der Waals surface area contributed by atoms with E-state index in [9.17, 15) is 13.2 Å². The third-order valence-corrected chi connectivity index (χ3v) is 6.68. The highest BCUT2D eigenvalue weighted by molar-refractivity contribution is 7.92. The van der Waals surface area contributed by atoms with Crippen molar-refractivity contribution in [3.63, 3.8) is 0 Å². The van der Waals surface area contributed by atoms with E-state index < -0.39 is 10.0 Å². The second-order valence-electron chi connectivity index (χ2n) is 6.65. The molecule has 0 bridgehead atoms. The van der Waals surface area contributed by atoms with Crippen LogP contribution in [0.3, 0.4) is 0 Å². The number of benzene rings is 2. The predicted octanol–water partition coefficient (Wildman–Crippen LogP) is 3.19. The topological polar surface area (TPSA) is 75.7 Å². The Bertz CT molecular complexity index is 904. The van der Waals surface area contributed by atoms with Crippen LogP contribution in [-0.2, 0) is 10.0 Å². The minimum Gasteiger partial charge on any atom is -0.497 e. The molecule has 0 radical (unpaired) electrons. The van der Waals surface area contributed by atoms with Gasteiger partial charge in [-0.25, -0.2) is 8.42 Å². The molecule has 1 fully saturated rings. The molecule has 3 rings (SSSR count). The SMILES string of the molecule is COc1ccc(S(=O)(=O)N(C)c2cccc(C(=O)NC3CCCC3)c2)cc1. The van der Waals surface area contributed by atoms with E-state index in [0.29, 0.717) is 17.0 Å². The maximum atomic E-state index is 12.9. The molecule has 1 N–H and O–H groups in total. The third kappa shape index (κ3) is 4.24. The fourth-order valence-corrected chi connectivity index (χ4v) is 4.41. The molecule has 0 aliphatic heterocycles. The number of hydrogen-bond donors (Lipinski definition) is 1. The summed E-state index contributed by atoms with van der Waals surface area (Å²) >= 11 is 0. The number of hydrogen-bond acceptors (Lipinski definition) is 4. The number of amides is 1. The van der Waals surface area contributed by atoms with Crippen LogP contribution in [0.4, 0.5) is 5.69 Å². The Labute approximate surface area is 160 Å². The lowest BCUT2D eigenvalue weighted by atomic mass is 10.1. The van der Waals surface area contributed by atoms with Gasteiger partial charge in [-0.15, -0.1) is 0 Å². The van der Waals surface area contributed by atoms with Crippen molar-refractivity contribution >= 4 is 21.6 Å². The van der Waals surface area contributed by atoms with Gasteiger partial charge in [0.25, 0.3) is 15.9 Å². The first kappa shape index (κ1) is 19.2. The summed E-state index contributed by atoms with van der Waals surface area (Å²) in [5.41, 5.74) is 0.890. The summed E-state index contributed by atoms with van der Waals surface area (Å²) in [4.78, 5) is 12.6. The van der Waals surface area contributed by atoms with Crippen LogP contribution in [0.2, 0.25) is 0 Å². The first-order chi connectivity index (χ1) is 12.9. The van der Waals surface area contributed by atoms with Gasteiger partial charge in [-0.2, -0.15) is 0 Å². The van der Waals surface area contributed by atoms with Crippen molar-refractivity contribution in [2.75, 3.05) is 18.5 Å². The van der Waals surface area contributed by atoms with E-state index in [1.807, 2.05) is 0 Å². The zero-order valence-corrected chi connectivity index (χ0v) is 16.3. The first-order valence-electron chi connectivity index (χ1n) is 8.96. The molecule has 6 nitrogen and oxygen atoms in total. The third-order valence-electron chi connectivity index (χ3n) is 4.88. The predicted molar refractivity (Wildman–Crippen MR) is 105 cm³/mol. The Morgan fingerprint density at radius 2 is 1.78 bits per heavy atom. The second kappa shape index (κ2) is 8.00. The van der Waals surface area contributed by atoms with Crippen LogP contribution in [0.5, 0.6) is 5.75 Å². The number of carbonyl (C=O) groups is 1. The van der Waals surface area contributed by atoms with E-state index in [-0.39, 0.29) is 16.8 Å². The molecule has 1 aliphatic rings. The number of anilines is 1. The van der Waals surface area contributed by atoms with Gasteiger partial charge in [-0.05, 0) is 55.3 Å². The van der Waals surface area contributed by atoms with Crippen LogP contribution in [0.1, 0.15) is 36.0 Å². The largest absolute Gasteiger partial charge is 0.497 e. The number of carbonyl (C=O) groups excluding carboxylic acids is 1. The van der Waals surface area contributed by atoms with Crippen LogP contribution < -0.4 is 14.4 Å². The normalized spacial score (nSPS) is 14.7. The van der Waals surface area contributed by atoms with E-state index in [1.54, 1.807) is 36.4 Å². The molecule has 7 heteroatoms. The van der Waals surface area contributed by atoms with E-state index in [4.69, 9.17) is 4.74 Å². The average molecular weight is 388 g/mol. The van der Waals surface area contributed by atoms with Crippen molar-refractivity contribution in [2.45, 2.75) is 36.6 Å². The zero-order chi connectivity index (χ0) is 19.4. The van der Waals surface area contributed by atoms with Crippen LogP contribution in [0.15, 0.2) is 53.4 Å². The maximum absolute atomic E-state index is 12.9. The molecular weight excluding hydrogens is 364 g/mol. The number of rotatable bonds is 6. The van der Waals surface area contributed by atoms with Gasteiger partial charge in [-0.3, -0.25) is 9.10 Å². The van der Waals surface area contributed by atoms with E-state index in [1.165, 1.54) is 30.6 Å². The molecule has 0 heterocycles. The molecule has 0 atom stereocenters. The van der Waals surface area contributed by atoms with Gasteiger partial charge < -0.3 is 10.1 Å². The van der Waals surface area contributed by atoms with Crippen LogP contribution in [0, 0.1) is 0 Å². The fraction of sp³-hybridized carbons (Fsp3) is 0.350. The highest BCUT2D eigenvalue weighted by Gasteiger charge is 2.23. The van der Waals surface area contributed by atoms with Gasteiger partial charge in [0.2, 0.25) is 0 Å². The Morgan fingerprint density at radius 1 is 1.11 bits per heavy atom. The van der Waals surface area contributed by atoms with Crippen molar-refractivity contribution in [3.05, 3.63) is 54.1 Å². The van der Waals surface area contributed by atoms with E-state index in [0.717, 1.165) is 25.7 Å². The molecular formula is C20H24N2O4S. The molecule has 0 aromatic heterocycles. The van der Waals surface area contributed by atoms with Crippen molar-refractivity contribution in [1.29, 1.82) is 0 Å². The maximum Gasteiger partial charge on any atom is 0.264 e. The van der Waals surface area contributed by atoms with Crippen LogP contribution in [0.25, 0.3) is 0 Å². The number of sulfonamides is 1. The summed E-state index contributed by atoms with van der Waals surface area (Å²) in [7, 11) is -0.731. The van der Waals surface area contributed by atoms with Gasteiger partial charge in [0.05, 0.1) is 17.7 Å². The Balaban J connectivity index is 1.81. The van der Waals surface area contributed by atoms with Gasteiger partial charge in [0, 0.05) is 18.7 Å². The minimum absolute atomic E-state index is 0.159. The van der Waals surface area contributed by atoms with Gasteiger partial charge in [0.1, 0.15) is 5.75 Å². The highest BCUT2D eigenvalue weighted by atomic mass is 32.2. The van der Waals surface area contributed by atoms with Gasteiger partial charge in [-0.1, -0.05) is 18.9 Å². The Kier molecular flexibility index (Phi) is 5.70. The number of nitrogens with one attached hydrogen (secondary N) is 1. The Hall–Kier alpha value is -2.54. The molecule has 0 saturated heterocycles. The van der Waals surface area contributed by atoms with Crippen molar-refractivity contribution < 1.29 is 17.9 Å². The molecule has 144 valence electrons. The van der Waals surface area contributed by atoms with Crippen LogP contribution in [-0.4, -0.2) is 34.5 Å². The van der Waals surface area contributed by atoms with Gasteiger partial charge in [0.15, 0.2) is 0 Å². The summed E-state index contributed by atoms with van der Waals surface area (Å²) in [6.07, 6.45) is 4.26. The van der Waals surface area contributed by atoms with E-state index in [2.05, 4.69) is 5.32 Å². The minimum atomic E-state index is -3.74. The average Bonchev–Trinajstić information content (AvgIpc) is 3.20. The number of ether oxygens (including phenoxy) is 1. The zero-order valence-electron chi connectivity index (χ0n) is 15.5. The molecule has 1 saturated carbocycles. The standard InChI is InChI=1S/C20H24N2O4S/c1-22(27(24,25)19-12-10-18(26-2)11-13-19)17-9-5-6-15(14-17)20(23)21-16-7-3-4-8-16/h5-6,9-14,16H,3-4,7-8H2,1-2H3,(H,21,23). The first-order valence-corrected chi connectivity index (χ1v) is 10.4. The monoisotopic (exact) mass is 388 g/mol. The Morgan fingerprint density at radius 3 is 2.41 bits per heavy atom. The summed E-state index contributed by atoms with van der Waals surface area (Å²) in [5, 5.41) is 3.02. The molecule has 1 amide bonds. The lowest BCUT2D eigenvalue weighted by Gasteiger charge is -2.20. The molecule has 2 aromatic rings. The van der Waals surface area contributed by atoms with Gasteiger partial charge >= 0.3 is 0 Å².